The number of nitro benzene ring substituents is 1. The number of benzene rings is 2. The summed E-state index contributed by atoms with van der Waals surface area (Å²) in [5, 5.41) is 11.3. The Kier molecular flexibility index (Phi) is 6.54. The van der Waals surface area contributed by atoms with Crippen LogP contribution in [0.25, 0.3) is 0 Å². The molecule has 0 saturated carbocycles. The second-order valence-electron chi connectivity index (χ2n) is 7.51. The summed E-state index contributed by atoms with van der Waals surface area (Å²) in [7, 11) is -3.81. The first-order valence-electron chi connectivity index (χ1n) is 9.49. The largest absolute Gasteiger partial charge is 0.478 e. The van der Waals surface area contributed by atoms with Gasteiger partial charge in [0, 0.05) is 43.3 Å². The van der Waals surface area contributed by atoms with Crippen LogP contribution in [0.3, 0.4) is 0 Å². The lowest BCUT2D eigenvalue weighted by Gasteiger charge is -2.38. The molecule has 0 radical (unpaired) electrons. The molecule has 9 nitrogen and oxygen atoms in total. The van der Waals surface area contributed by atoms with Gasteiger partial charge >= 0.3 is 0 Å². The van der Waals surface area contributed by atoms with Crippen molar-refractivity contribution in [3.63, 3.8) is 0 Å². The summed E-state index contributed by atoms with van der Waals surface area (Å²) in [6.45, 7) is 3.95. The molecule has 31 heavy (non-hydrogen) atoms. The van der Waals surface area contributed by atoms with Crippen LogP contribution >= 0.6 is 11.6 Å². The normalized spacial score (nSPS) is 15.5. The van der Waals surface area contributed by atoms with E-state index >= 15 is 0 Å². The highest BCUT2D eigenvalue weighted by atomic mass is 35.5. The molecule has 11 heteroatoms. The zero-order valence-corrected chi connectivity index (χ0v) is 18.6. The van der Waals surface area contributed by atoms with Crippen LogP contribution < -0.4 is 4.74 Å². The second kappa shape index (κ2) is 8.81. The maximum Gasteiger partial charge on any atom is 0.269 e. The lowest BCUT2D eigenvalue weighted by Crippen LogP contribution is -2.56. The number of piperazine rings is 1. The monoisotopic (exact) mass is 467 g/mol. The average Bonchev–Trinajstić information content (AvgIpc) is 2.75. The highest BCUT2D eigenvalue weighted by Gasteiger charge is 2.37. The molecule has 0 N–H and O–H groups in total. The molecule has 1 heterocycles. The SMILES string of the molecule is CC(C)(Oc1ccc(Cl)cc1)C(=O)N1CCN(S(=O)(=O)c2ccc([N+](=O)[O-])cc2)CC1. The highest BCUT2D eigenvalue weighted by molar-refractivity contribution is 7.89. The molecule has 1 fully saturated rings. The van der Waals surface area contributed by atoms with Crippen molar-refractivity contribution in [3.8, 4) is 5.75 Å². The molecule has 2 aromatic carbocycles. The van der Waals surface area contributed by atoms with E-state index in [1.807, 2.05) is 0 Å². The van der Waals surface area contributed by atoms with E-state index in [-0.39, 0.29) is 42.7 Å². The van der Waals surface area contributed by atoms with Crippen molar-refractivity contribution in [1.82, 2.24) is 9.21 Å². The van der Waals surface area contributed by atoms with Gasteiger partial charge in [0.25, 0.3) is 11.6 Å². The third-order valence-corrected chi connectivity index (χ3v) is 7.08. The molecule has 0 spiro atoms. The van der Waals surface area contributed by atoms with Crippen molar-refractivity contribution in [3.05, 3.63) is 63.7 Å². The van der Waals surface area contributed by atoms with E-state index in [1.165, 1.54) is 16.4 Å². The van der Waals surface area contributed by atoms with Gasteiger partial charge in [0.15, 0.2) is 5.60 Å². The summed E-state index contributed by atoms with van der Waals surface area (Å²) in [5.74, 6) is 0.247. The van der Waals surface area contributed by atoms with Gasteiger partial charge in [0.2, 0.25) is 10.0 Å². The summed E-state index contributed by atoms with van der Waals surface area (Å²) in [4.78, 5) is 24.7. The lowest BCUT2D eigenvalue weighted by atomic mass is 10.1. The molecule has 1 aliphatic rings. The van der Waals surface area contributed by atoms with Gasteiger partial charge in [-0.2, -0.15) is 4.31 Å². The van der Waals surface area contributed by atoms with Gasteiger partial charge in [-0.1, -0.05) is 11.6 Å². The maximum absolute atomic E-state index is 13.0. The molecule has 2 aromatic rings. The van der Waals surface area contributed by atoms with E-state index in [4.69, 9.17) is 16.3 Å². The molecule has 0 aliphatic carbocycles. The number of nitro groups is 1. The van der Waals surface area contributed by atoms with Crippen molar-refractivity contribution in [1.29, 1.82) is 0 Å². The number of hydrogen-bond acceptors (Lipinski definition) is 6. The Labute approximate surface area is 185 Å². The fourth-order valence-corrected chi connectivity index (χ4v) is 4.79. The van der Waals surface area contributed by atoms with Crippen molar-refractivity contribution in [2.75, 3.05) is 26.2 Å². The number of nitrogens with zero attached hydrogens (tertiary/aromatic N) is 3. The third kappa shape index (κ3) is 5.15. The number of carbonyl (C=O) groups is 1. The van der Waals surface area contributed by atoms with Gasteiger partial charge in [0.05, 0.1) is 9.82 Å². The predicted octanol–water partition coefficient (Wildman–Crippen LogP) is 2.94. The smallest absolute Gasteiger partial charge is 0.269 e. The molecular formula is C20H22ClN3O6S. The number of amides is 1. The van der Waals surface area contributed by atoms with Crippen molar-refractivity contribution in [2.45, 2.75) is 24.3 Å². The van der Waals surface area contributed by atoms with E-state index < -0.39 is 20.5 Å². The number of rotatable bonds is 6. The first-order valence-corrected chi connectivity index (χ1v) is 11.3. The number of ether oxygens (including phenoxy) is 1. The van der Waals surface area contributed by atoms with Crippen LogP contribution in [0.15, 0.2) is 53.4 Å². The molecule has 0 unspecified atom stereocenters. The van der Waals surface area contributed by atoms with Crippen LogP contribution in [0, 0.1) is 10.1 Å². The standard InChI is InChI=1S/C20H22ClN3O6S/c1-20(2,30-17-7-3-15(21)4-8-17)19(25)22-11-13-23(14-12-22)31(28,29)18-9-5-16(6-10-18)24(26)27/h3-10H,11-14H2,1-2H3. The van der Waals surface area contributed by atoms with Gasteiger partial charge in [-0.05, 0) is 50.2 Å². The van der Waals surface area contributed by atoms with Crippen molar-refractivity contribution >= 4 is 33.2 Å². The van der Waals surface area contributed by atoms with Gasteiger partial charge in [-0.15, -0.1) is 0 Å². The minimum atomic E-state index is -3.81. The lowest BCUT2D eigenvalue weighted by molar-refractivity contribution is -0.384. The number of carbonyl (C=O) groups excluding carboxylic acids is 1. The topological polar surface area (TPSA) is 110 Å². The summed E-state index contributed by atoms with van der Waals surface area (Å²) in [5.41, 5.74) is -1.33. The second-order valence-corrected chi connectivity index (χ2v) is 9.89. The fourth-order valence-electron chi connectivity index (χ4n) is 3.24. The number of sulfonamides is 1. The van der Waals surface area contributed by atoms with E-state index in [0.717, 1.165) is 12.1 Å². The number of non-ortho nitro benzene ring substituents is 1. The summed E-state index contributed by atoms with van der Waals surface area (Å²) in [6.07, 6.45) is 0. The first kappa shape index (κ1) is 23.0. The van der Waals surface area contributed by atoms with Gasteiger partial charge in [-0.3, -0.25) is 14.9 Å². The van der Waals surface area contributed by atoms with Crippen LogP contribution in [0.2, 0.25) is 5.02 Å². The van der Waals surface area contributed by atoms with Crippen LogP contribution in [0.5, 0.6) is 5.75 Å². The zero-order valence-electron chi connectivity index (χ0n) is 17.0. The predicted molar refractivity (Wildman–Crippen MR) is 115 cm³/mol. The van der Waals surface area contributed by atoms with Crippen LogP contribution in [0.1, 0.15) is 13.8 Å². The van der Waals surface area contributed by atoms with Gasteiger partial charge < -0.3 is 9.64 Å². The molecule has 3 rings (SSSR count). The fraction of sp³-hybridized carbons (Fsp3) is 0.350. The number of halogens is 1. The highest BCUT2D eigenvalue weighted by Crippen LogP contribution is 2.24. The first-order chi connectivity index (χ1) is 14.5. The molecule has 166 valence electrons. The molecule has 1 amide bonds. The van der Waals surface area contributed by atoms with E-state index in [1.54, 1.807) is 43.0 Å². The van der Waals surface area contributed by atoms with Crippen LogP contribution in [-0.2, 0) is 14.8 Å². The Bertz CT molecular complexity index is 1060. The molecule has 1 aliphatic heterocycles. The Balaban J connectivity index is 1.64. The van der Waals surface area contributed by atoms with Crippen LogP contribution in [-0.4, -0.2) is 60.2 Å². The molecule has 1 saturated heterocycles. The Morgan fingerprint density at radius 3 is 2.10 bits per heavy atom. The minimum absolute atomic E-state index is 0.0238. The molecule has 0 bridgehead atoms. The Morgan fingerprint density at radius 1 is 1.03 bits per heavy atom. The van der Waals surface area contributed by atoms with E-state index in [2.05, 4.69) is 0 Å². The van der Waals surface area contributed by atoms with E-state index in [0.29, 0.717) is 10.8 Å². The maximum atomic E-state index is 13.0. The zero-order chi connectivity index (χ0) is 22.8. The molecule has 0 aromatic heterocycles. The number of hydrogen-bond donors (Lipinski definition) is 0. The summed E-state index contributed by atoms with van der Waals surface area (Å²) in [6, 6.07) is 11.4. The Hall–Kier alpha value is -2.69. The molecular weight excluding hydrogens is 446 g/mol. The third-order valence-electron chi connectivity index (χ3n) is 4.91. The van der Waals surface area contributed by atoms with Crippen molar-refractivity contribution < 1.29 is 22.9 Å². The van der Waals surface area contributed by atoms with Gasteiger partial charge in [-0.25, -0.2) is 8.42 Å². The quantitative estimate of drug-likeness (QED) is 0.477. The van der Waals surface area contributed by atoms with E-state index in [9.17, 15) is 23.3 Å². The summed E-state index contributed by atoms with van der Waals surface area (Å²) < 4.78 is 32.8. The van der Waals surface area contributed by atoms with Crippen molar-refractivity contribution in [2.24, 2.45) is 0 Å². The summed E-state index contributed by atoms with van der Waals surface area (Å²) >= 11 is 5.87. The minimum Gasteiger partial charge on any atom is -0.478 e. The van der Waals surface area contributed by atoms with Gasteiger partial charge in [0.1, 0.15) is 5.75 Å². The molecule has 0 atom stereocenters. The average molecular weight is 468 g/mol. The van der Waals surface area contributed by atoms with Crippen LogP contribution in [0.4, 0.5) is 5.69 Å². The Morgan fingerprint density at radius 2 is 1.58 bits per heavy atom.